The number of hydrogen-bond donors (Lipinski definition) is 0. The van der Waals surface area contributed by atoms with Crippen LogP contribution in [0, 0.1) is 26.2 Å². The van der Waals surface area contributed by atoms with E-state index in [0.29, 0.717) is 11.3 Å². The maximum absolute atomic E-state index is 5.96. The Morgan fingerprint density at radius 1 is 1.00 bits per heavy atom. The summed E-state index contributed by atoms with van der Waals surface area (Å²) in [5.74, 6) is 1.63. The summed E-state index contributed by atoms with van der Waals surface area (Å²) in [5, 5.41) is 5.83. The summed E-state index contributed by atoms with van der Waals surface area (Å²) in [5.41, 5.74) is 11.1. The van der Waals surface area contributed by atoms with Gasteiger partial charge >= 0.3 is 0 Å². The van der Waals surface area contributed by atoms with E-state index in [0.717, 1.165) is 47.7 Å². The molecule has 2 fully saturated rings. The topological polar surface area (TPSA) is 55.1 Å². The SMILES string of the molecule is Cc1cc(C)c2cc(N3CCC4(C=C(c5c(-c6cnccc6C)noc5C5CC5)C4)CC3)ccc2n1. The first-order valence-corrected chi connectivity index (χ1v) is 13.3. The lowest BCUT2D eigenvalue weighted by molar-refractivity contribution is 0.277. The van der Waals surface area contributed by atoms with Crippen molar-refractivity contribution in [3.05, 3.63) is 76.9 Å². The second-order valence-electron chi connectivity index (χ2n) is 11.2. The fourth-order valence-corrected chi connectivity index (χ4v) is 6.29. The Balaban J connectivity index is 1.14. The number of benzene rings is 1. The first-order chi connectivity index (χ1) is 17.5. The summed E-state index contributed by atoms with van der Waals surface area (Å²) in [6.07, 6.45) is 12.2. The highest BCUT2D eigenvalue weighted by Crippen LogP contribution is 2.55. The molecule has 1 spiro atoms. The van der Waals surface area contributed by atoms with E-state index >= 15 is 0 Å². The van der Waals surface area contributed by atoms with Gasteiger partial charge in [0.15, 0.2) is 0 Å². The highest BCUT2D eigenvalue weighted by Gasteiger charge is 2.43. The molecule has 3 aliphatic rings. The van der Waals surface area contributed by atoms with E-state index in [4.69, 9.17) is 9.51 Å². The number of fused-ring (bicyclic) bond motifs is 1. The molecular weight excluding hydrogens is 444 g/mol. The van der Waals surface area contributed by atoms with Gasteiger partial charge in [-0.05, 0) is 105 Å². The lowest BCUT2D eigenvalue weighted by Gasteiger charge is -2.47. The number of anilines is 1. The second kappa shape index (κ2) is 8.02. The first kappa shape index (κ1) is 21.8. The van der Waals surface area contributed by atoms with Crippen LogP contribution in [0.3, 0.4) is 0 Å². The van der Waals surface area contributed by atoms with E-state index in [1.54, 1.807) is 0 Å². The van der Waals surface area contributed by atoms with E-state index in [-0.39, 0.29) is 0 Å². The van der Waals surface area contributed by atoms with Gasteiger partial charge < -0.3 is 9.42 Å². The minimum absolute atomic E-state index is 0.302. The number of nitrogens with zero attached hydrogens (tertiary/aromatic N) is 4. The molecule has 1 saturated carbocycles. The second-order valence-corrected chi connectivity index (χ2v) is 11.2. The third-order valence-corrected chi connectivity index (χ3v) is 8.56. The quantitative estimate of drug-likeness (QED) is 0.313. The van der Waals surface area contributed by atoms with Crippen LogP contribution in [-0.4, -0.2) is 28.2 Å². The van der Waals surface area contributed by atoms with Crippen molar-refractivity contribution in [3.8, 4) is 11.3 Å². The van der Waals surface area contributed by atoms with Crippen LogP contribution in [0.2, 0.25) is 0 Å². The fraction of sp³-hybridized carbons (Fsp3) is 0.387. The summed E-state index contributed by atoms with van der Waals surface area (Å²) in [4.78, 5) is 11.6. The molecule has 1 aliphatic heterocycles. The molecule has 7 rings (SSSR count). The van der Waals surface area contributed by atoms with Gasteiger partial charge in [0, 0.05) is 59.3 Å². The molecule has 0 N–H and O–H groups in total. The molecule has 182 valence electrons. The van der Waals surface area contributed by atoms with Crippen molar-refractivity contribution in [3.63, 3.8) is 0 Å². The average molecular weight is 477 g/mol. The number of allylic oxidation sites excluding steroid dienone is 2. The van der Waals surface area contributed by atoms with Crippen molar-refractivity contribution < 1.29 is 4.52 Å². The lowest BCUT2D eigenvalue weighted by Crippen LogP contribution is -2.42. The van der Waals surface area contributed by atoms with Crippen molar-refractivity contribution in [2.75, 3.05) is 18.0 Å². The van der Waals surface area contributed by atoms with Crippen LogP contribution in [0.15, 0.2) is 53.3 Å². The van der Waals surface area contributed by atoms with Crippen LogP contribution < -0.4 is 4.90 Å². The van der Waals surface area contributed by atoms with Crippen LogP contribution in [0.1, 0.15) is 66.2 Å². The molecule has 0 amide bonds. The minimum Gasteiger partial charge on any atom is -0.371 e. The third kappa shape index (κ3) is 3.56. The summed E-state index contributed by atoms with van der Waals surface area (Å²) in [6, 6.07) is 11.0. The monoisotopic (exact) mass is 476 g/mol. The van der Waals surface area contributed by atoms with Gasteiger partial charge in [0.25, 0.3) is 0 Å². The van der Waals surface area contributed by atoms with E-state index in [1.165, 1.54) is 59.0 Å². The standard InChI is InChI=1S/C31H32N4O/c1-19-8-11-32-18-26(19)29-28(30(36-34-29)22-4-5-22)23-16-31(17-23)9-12-35(13-10-31)24-6-7-27-25(15-24)20(2)14-21(3)33-27/h6-8,11,14-16,18,22H,4-5,9-10,12-13,17H2,1-3H3. The molecule has 1 saturated heterocycles. The zero-order chi connectivity index (χ0) is 24.4. The minimum atomic E-state index is 0.302. The Morgan fingerprint density at radius 2 is 1.81 bits per heavy atom. The first-order valence-electron chi connectivity index (χ1n) is 13.3. The van der Waals surface area contributed by atoms with E-state index in [2.05, 4.69) is 72.2 Å². The number of aromatic nitrogens is 3. The van der Waals surface area contributed by atoms with Crippen molar-refractivity contribution in [2.24, 2.45) is 5.41 Å². The predicted molar refractivity (Wildman–Crippen MR) is 144 cm³/mol. The molecule has 0 radical (unpaired) electrons. The van der Waals surface area contributed by atoms with Gasteiger partial charge in [-0.25, -0.2) is 0 Å². The highest BCUT2D eigenvalue weighted by atomic mass is 16.5. The number of hydrogen-bond acceptors (Lipinski definition) is 5. The maximum Gasteiger partial charge on any atom is 0.147 e. The van der Waals surface area contributed by atoms with Crippen LogP contribution in [0.25, 0.3) is 27.7 Å². The van der Waals surface area contributed by atoms with Gasteiger partial charge in [-0.15, -0.1) is 0 Å². The summed E-state index contributed by atoms with van der Waals surface area (Å²) in [6.45, 7) is 8.56. The van der Waals surface area contributed by atoms with Gasteiger partial charge in [-0.2, -0.15) is 0 Å². The number of piperidine rings is 1. The lowest BCUT2D eigenvalue weighted by atomic mass is 9.63. The molecule has 2 aliphatic carbocycles. The van der Waals surface area contributed by atoms with Crippen LogP contribution in [0.5, 0.6) is 0 Å². The zero-order valence-electron chi connectivity index (χ0n) is 21.3. The van der Waals surface area contributed by atoms with Gasteiger partial charge in [0.2, 0.25) is 0 Å². The van der Waals surface area contributed by atoms with Gasteiger partial charge in [0.05, 0.1) is 5.52 Å². The molecule has 4 heterocycles. The molecule has 4 aromatic rings. The maximum atomic E-state index is 5.96. The number of rotatable bonds is 4. The molecule has 1 aromatic carbocycles. The third-order valence-electron chi connectivity index (χ3n) is 8.56. The van der Waals surface area contributed by atoms with Gasteiger partial charge in [-0.1, -0.05) is 11.2 Å². The summed E-state index contributed by atoms with van der Waals surface area (Å²) in [7, 11) is 0. The molecule has 5 nitrogen and oxygen atoms in total. The summed E-state index contributed by atoms with van der Waals surface area (Å²) >= 11 is 0. The molecule has 0 bridgehead atoms. The fourth-order valence-electron chi connectivity index (χ4n) is 6.29. The Morgan fingerprint density at radius 3 is 2.56 bits per heavy atom. The summed E-state index contributed by atoms with van der Waals surface area (Å²) < 4.78 is 5.96. The highest BCUT2D eigenvalue weighted by molar-refractivity contribution is 5.86. The van der Waals surface area contributed by atoms with Crippen molar-refractivity contribution in [2.45, 2.75) is 58.8 Å². The molecular formula is C31H32N4O. The van der Waals surface area contributed by atoms with E-state index in [1.807, 2.05) is 12.4 Å². The van der Waals surface area contributed by atoms with Crippen LogP contribution in [-0.2, 0) is 0 Å². The van der Waals surface area contributed by atoms with Gasteiger partial charge in [0.1, 0.15) is 11.5 Å². The van der Waals surface area contributed by atoms with Crippen molar-refractivity contribution in [1.29, 1.82) is 0 Å². The van der Waals surface area contributed by atoms with Crippen molar-refractivity contribution >= 4 is 22.2 Å². The Labute approximate surface area is 212 Å². The molecule has 3 aromatic heterocycles. The normalized spacial score (nSPS) is 19.0. The Kier molecular flexibility index (Phi) is 4.85. The van der Waals surface area contributed by atoms with Crippen molar-refractivity contribution in [1.82, 2.24) is 15.1 Å². The Hall–Kier alpha value is -3.47. The van der Waals surface area contributed by atoms with E-state index < -0.39 is 0 Å². The smallest absolute Gasteiger partial charge is 0.147 e. The van der Waals surface area contributed by atoms with E-state index in [9.17, 15) is 0 Å². The molecule has 5 heteroatoms. The average Bonchev–Trinajstić information content (AvgIpc) is 3.61. The molecule has 36 heavy (non-hydrogen) atoms. The molecule has 0 atom stereocenters. The van der Waals surface area contributed by atoms with Gasteiger partial charge in [-0.3, -0.25) is 9.97 Å². The number of pyridine rings is 2. The van der Waals surface area contributed by atoms with Crippen LogP contribution in [0.4, 0.5) is 5.69 Å². The number of aryl methyl sites for hydroxylation is 3. The largest absolute Gasteiger partial charge is 0.371 e. The Bertz CT molecular complexity index is 1520. The van der Waals surface area contributed by atoms with Crippen LogP contribution >= 0.6 is 0 Å². The zero-order valence-corrected chi connectivity index (χ0v) is 21.3. The predicted octanol–water partition coefficient (Wildman–Crippen LogP) is 7.16. The molecule has 0 unspecified atom stereocenters.